The van der Waals surface area contributed by atoms with E-state index in [4.69, 9.17) is 22.1 Å². The average molecular weight is 415 g/mol. The smallest absolute Gasteiger partial charge is 0.305 e. The van der Waals surface area contributed by atoms with E-state index >= 15 is 0 Å². The molecule has 0 aliphatic heterocycles. The Morgan fingerprint density at radius 3 is 2.45 bits per heavy atom. The quantitative estimate of drug-likeness (QED) is 0.325. The van der Waals surface area contributed by atoms with E-state index in [-0.39, 0.29) is 25.4 Å². The van der Waals surface area contributed by atoms with Gasteiger partial charge in [-0.05, 0) is 12.1 Å². The van der Waals surface area contributed by atoms with Gasteiger partial charge >= 0.3 is 5.97 Å². The van der Waals surface area contributed by atoms with Gasteiger partial charge in [-0.3, -0.25) is 9.59 Å². The Labute approximate surface area is 176 Å². The van der Waals surface area contributed by atoms with Crippen LogP contribution < -0.4 is 10.2 Å². The van der Waals surface area contributed by atoms with Gasteiger partial charge in [0.05, 0.1) is 24.6 Å². The number of carbonyl (C=O) groups is 2. The van der Waals surface area contributed by atoms with Crippen molar-refractivity contribution in [1.82, 2.24) is 0 Å². The minimum atomic E-state index is -0.893. The lowest BCUT2D eigenvalue weighted by molar-refractivity contribution is -0.138. The number of Topliss-reactive ketones (excluding diaryl/α,β-unsaturated/α-hetero) is 1. The standard InChI is InChI=1S/C22H26N2O4S/c1-24(2)18-9-8-17(15-28-13-12-22(26)27)19(14-18)23-21(29)11-10-20(25)16-6-4-3-5-7-16/h3-9,14H,10-13,15H2,1-2H3,(H,23,29)(H,26,27). The van der Waals surface area contributed by atoms with Crippen LogP contribution >= 0.6 is 12.2 Å². The molecule has 0 fully saturated rings. The predicted octanol–water partition coefficient (Wildman–Crippen LogP) is 4.15. The second-order valence-electron chi connectivity index (χ2n) is 6.77. The van der Waals surface area contributed by atoms with Crippen molar-refractivity contribution in [1.29, 1.82) is 0 Å². The number of nitrogens with one attached hydrogen (secondary N) is 1. The van der Waals surface area contributed by atoms with Gasteiger partial charge in [0.2, 0.25) is 0 Å². The number of benzene rings is 2. The number of ether oxygens (including phenoxy) is 1. The molecule has 0 aliphatic rings. The maximum Gasteiger partial charge on any atom is 0.305 e. The summed E-state index contributed by atoms with van der Waals surface area (Å²) >= 11 is 5.45. The van der Waals surface area contributed by atoms with Crippen molar-refractivity contribution >= 4 is 40.3 Å². The Hall–Kier alpha value is -2.77. The van der Waals surface area contributed by atoms with Gasteiger partial charge < -0.3 is 20.1 Å². The molecule has 7 heteroatoms. The average Bonchev–Trinajstić information content (AvgIpc) is 2.70. The predicted molar refractivity (Wildman–Crippen MR) is 119 cm³/mol. The number of carboxylic acids is 1. The van der Waals surface area contributed by atoms with E-state index in [0.717, 1.165) is 16.9 Å². The van der Waals surface area contributed by atoms with Crippen LogP contribution in [0.3, 0.4) is 0 Å². The van der Waals surface area contributed by atoms with E-state index in [1.165, 1.54) is 0 Å². The molecular formula is C22H26N2O4S. The number of carboxylic acid groups (broad SMARTS) is 1. The number of thiocarbonyl (C=S) groups is 1. The van der Waals surface area contributed by atoms with Crippen molar-refractivity contribution < 1.29 is 19.4 Å². The van der Waals surface area contributed by atoms with Gasteiger partial charge in [0.25, 0.3) is 0 Å². The normalized spacial score (nSPS) is 10.4. The molecule has 0 aromatic heterocycles. The first-order valence-corrected chi connectivity index (χ1v) is 9.75. The van der Waals surface area contributed by atoms with E-state index < -0.39 is 5.97 Å². The van der Waals surface area contributed by atoms with Crippen molar-refractivity contribution in [3.05, 3.63) is 59.7 Å². The van der Waals surface area contributed by atoms with Crippen LogP contribution in [0, 0.1) is 0 Å². The molecule has 0 aliphatic carbocycles. The fraction of sp³-hybridized carbons (Fsp3) is 0.318. The Balaban J connectivity index is 2.00. The third-order valence-electron chi connectivity index (χ3n) is 4.28. The zero-order chi connectivity index (χ0) is 21.2. The summed E-state index contributed by atoms with van der Waals surface area (Å²) < 4.78 is 5.48. The van der Waals surface area contributed by atoms with Crippen LogP contribution in [-0.4, -0.2) is 42.5 Å². The number of hydrogen-bond donors (Lipinski definition) is 2. The molecule has 0 radical (unpaired) electrons. The highest BCUT2D eigenvalue weighted by Gasteiger charge is 2.11. The van der Waals surface area contributed by atoms with Gasteiger partial charge in [-0.1, -0.05) is 48.6 Å². The fourth-order valence-electron chi connectivity index (χ4n) is 2.63. The monoisotopic (exact) mass is 414 g/mol. The molecule has 0 heterocycles. The molecule has 2 rings (SSSR count). The van der Waals surface area contributed by atoms with Crippen LogP contribution in [0.1, 0.15) is 35.2 Å². The van der Waals surface area contributed by atoms with Crippen molar-refractivity contribution in [3.8, 4) is 0 Å². The van der Waals surface area contributed by atoms with Gasteiger partial charge in [-0.15, -0.1) is 0 Å². The molecule has 2 aromatic carbocycles. The third kappa shape index (κ3) is 7.63. The molecule has 2 aromatic rings. The molecule has 154 valence electrons. The molecule has 0 atom stereocenters. The SMILES string of the molecule is CN(C)c1ccc(COCCC(=O)O)c(NC(=S)CCC(=O)c2ccccc2)c1. The number of hydrogen-bond acceptors (Lipinski definition) is 5. The zero-order valence-corrected chi connectivity index (χ0v) is 17.5. The van der Waals surface area contributed by atoms with Crippen LogP contribution in [0.5, 0.6) is 0 Å². The second kappa shape index (κ2) is 11.3. The van der Waals surface area contributed by atoms with Gasteiger partial charge in [-0.25, -0.2) is 0 Å². The Morgan fingerprint density at radius 2 is 1.79 bits per heavy atom. The van der Waals surface area contributed by atoms with Crippen LogP contribution in [-0.2, 0) is 16.1 Å². The van der Waals surface area contributed by atoms with Gasteiger partial charge in [0.15, 0.2) is 5.78 Å². The van der Waals surface area contributed by atoms with Gasteiger partial charge in [0.1, 0.15) is 0 Å². The summed E-state index contributed by atoms with van der Waals surface area (Å²) in [4.78, 5) is 25.5. The summed E-state index contributed by atoms with van der Waals surface area (Å²) in [7, 11) is 3.89. The van der Waals surface area contributed by atoms with E-state index in [1.54, 1.807) is 12.1 Å². The number of rotatable bonds is 11. The zero-order valence-electron chi connectivity index (χ0n) is 16.7. The van der Waals surface area contributed by atoms with Crippen LogP contribution in [0.4, 0.5) is 11.4 Å². The van der Waals surface area contributed by atoms with Crippen LogP contribution in [0.2, 0.25) is 0 Å². The lowest BCUT2D eigenvalue weighted by Crippen LogP contribution is -2.15. The number of ketones is 1. The molecule has 2 N–H and O–H groups in total. The highest BCUT2D eigenvalue weighted by molar-refractivity contribution is 7.80. The first-order valence-electron chi connectivity index (χ1n) is 9.34. The summed E-state index contributed by atoms with van der Waals surface area (Å²) in [5.41, 5.74) is 3.34. The summed E-state index contributed by atoms with van der Waals surface area (Å²) in [6, 6.07) is 15.0. The topological polar surface area (TPSA) is 78.9 Å². The van der Waals surface area contributed by atoms with Gasteiger partial charge in [0, 0.05) is 49.4 Å². The van der Waals surface area contributed by atoms with Crippen LogP contribution in [0.15, 0.2) is 48.5 Å². The molecule has 0 unspecified atom stereocenters. The summed E-state index contributed by atoms with van der Waals surface area (Å²) in [6.07, 6.45) is 0.723. The summed E-state index contributed by atoms with van der Waals surface area (Å²) in [6.45, 7) is 0.412. The highest BCUT2D eigenvalue weighted by atomic mass is 32.1. The summed E-state index contributed by atoms with van der Waals surface area (Å²) in [5.74, 6) is -0.843. The van der Waals surface area contributed by atoms with E-state index in [1.807, 2.05) is 55.4 Å². The number of nitrogens with zero attached hydrogens (tertiary/aromatic N) is 1. The third-order valence-corrected chi connectivity index (χ3v) is 4.58. The maximum absolute atomic E-state index is 12.3. The lowest BCUT2D eigenvalue weighted by atomic mass is 10.1. The Bertz CT molecular complexity index is 853. The molecule has 6 nitrogen and oxygen atoms in total. The minimum absolute atomic E-state index is 0.0431. The van der Waals surface area contributed by atoms with Crippen molar-refractivity contribution in [2.45, 2.75) is 25.9 Å². The minimum Gasteiger partial charge on any atom is -0.481 e. The van der Waals surface area contributed by atoms with E-state index in [0.29, 0.717) is 23.4 Å². The van der Waals surface area contributed by atoms with Crippen LogP contribution in [0.25, 0.3) is 0 Å². The Kier molecular flexibility index (Phi) is 8.76. The molecule has 0 amide bonds. The van der Waals surface area contributed by atoms with Gasteiger partial charge in [-0.2, -0.15) is 0 Å². The molecule has 0 spiro atoms. The molecule has 29 heavy (non-hydrogen) atoms. The number of carbonyl (C=O) groups excluding carboxylic acids is 1. The van der Waals surface area contributed by atoms with Crippen molar-refractivity contribution in [3.63, 3.8) is 0 Å². The van der Waals surface area contributed by atoms with Crippen molar-refractivity contribution in [2.75, 3.05) is 30.9 Å². The Morgan fingerprint density at radius 1 is 1.07 bits per heavy atom. The largest absolute Gasteiger partial charge is 0.481 e. The highest BCUT2D eigenvalue weighted by Crippen LogP contribution is 2.24. The lowest BCUT2D eigenvalue weighted by Gasteiger charge is -2.18. The van der Waals surface area contributed by atoms with Crippen molar-refractivity contribution in [2.24, 2.45) is 0 Å². The number of aliphatic carboxylic acids is 1. The first kappa shape index (κ1) is 22.5. The fourth-order valence-corrected chi connectivity index (χ4v) is 2.85. The van der Waals surface area contributed by atoms with E-state index in [9.17, 15) is 9.59 Å². The molecule has 0 saturated carbocycles. The van der Waals surface area contributed by atoms with E-state index in [2.05, 4.69) is 5.32 Å². The maximum atomic E-state index is 12.3. The molecule has 0 bridgehead atoms. The second-order valence-corrected chi connectivity index (χ2v) is 7.26. The first-order chi connectivity index (χ1) is 13.9. The molecular weight excluding hydrogens is 388 g/mol. The molecule has 0 saturated heterocycles. The number of anilines is 2. The summed E-state index contributed by atoms with van der Waals surface area (Å²) in [5, 5.41) is 11.9.